The number of nitrogens with zero attached hydrogens (tertiary/aromatic N) is 4. The van der Waals surface area contributed by atoms with Crippen LogP contribution in [0.4, 0.5) is 14.5 Å². The Labute approximate surface area is 227 Å². The fourth-order valence-electron chi connectivity index (χ4n) is 6.54. The van der Waals surface area contributed by atoms with Gasteiger partial charge in [-0.1, -0.05) is 17.8 Å². The fourth-order valence-corrected chi connectivity index (χ4v) is 6.54. The lowest BCUT2D eigenvalue weighted by Gasteiger charge is -2.40. The van der Waals surface area contributed by atoms with E-state index in [2.05, 4.69) is 39.4 Å². The first kappa shape index (κ1) is 25.7. The van der Waals surface area contributed by atoms with Gasteiger partial charge in [-0.05, 0) is 88.6 Å². The number of anilines is 1. The van der Waals surface area contributed by atoms with Gasteiger partial charge in [0.05, 0.1) is 28.9 Å². The zero-order valence-corrected chi connectivity index (χ0v) is 22.7. The first-order valence-electron chi connectivity index (χ1n) is 13.8. The Morgan fingerprint density at radius 3 is 2.49 bits per heavy atom. The highest BCUT2D eigenvalue weighted by atomic mass is 19.2. The van der Waals surface area contributed by atoms with Crippen molar-refractivity contribution >= 4 is 16.7 Å². The van der Waals surface area contributed by atoms with E-state index in [-0.39, 0.29) is 18.2 Å². The summed E-state index contributed by atoms with van der Waals surface area (Å²) in [5.41, 5.74) is 6.31. The molecule has 1 aliphatic carbocycles. The molecule has 2 aliphatic rings. The van der Waals surface area contributed by atoms with Crippen LogP contribution >= 0.6 is 0 Å². The van der Waals surface area contributed by atoms with E-state index in [1.54, 1.807) is 13.2 Å². The molecule has 8 heteroatoms. The van der Waals surface area contributed by atoms with E-state index in [4.69, 9.17) is 14.2 Å². The molecule has 0 unspecified atom stereocenters. The lowest BCUT2D eigenvalue weighted by Crippen LogP contribution is -2.34. The molecule has 1 saturated heterocycles. The predicted molar refractivity (Wildman–Crippen MR) is 148 cm³/mol. The molecule has 6 nitrogen and oxygen atoms in total. The second kappa shape index (κ2) is 10.2. The van der Waals surface area contributed by atoms with Gasteiger partial charge in [-0.2, -0.15) is 0 Å². The van der Waals surface area contributed by atoms with E-state index >= 15 is 0 Å². The Bertz CT molecular complexity index is 1510. The molecule has 1 atom stereocenters. The van der Waals surface area contributed by atoms with Crippen LogP contribution in [0.2, 0.25) is 0 Å². The van der Waals surface area contributed by atoms with E-state index in [0.29, 0.717) is 5.69 Å². The van der Waals surface area contributed by atoms with Gasteiger partial charge < -0.3 is 18.7 Å². The van der Waals surface area contributed by atoms with Crippen LogP contribution in [0.5, 0.6) is 0 Å². The van der Waals surface area contributed by atoms with Gasteiger partial charge in [-0.15, -0.1) is 0 Å². The number of allylic oxidation sites excluding steroid dienone is 1. The highest BCUT2D eigenvalue weighted by molar-refractivity contribution is 5.84. The van der Waals surface area contributed by atoms with Crippen molar-refractivity contribution in [1.82, 2.24) is 14.7 Å². The van der Waals surface area contributed by atoms with Crippen LogP contribution in [0.1, 0.15) is 74.3 Å². The highest BCUT2D eigenvalue weighted by Gasteiger charge is 2.34. The van der Waals surface area contributed by atoms with Crippen LogP contribution in [0, 0.1) is 25.5 Å². The molecule has 2 aromatic carbocycles. The molecule has 0 spiro atoms. The van der Waals surface area contributed by atoms with Crippen molar-refractivity contribution in [2.45, 2.75) is 77.0 Å². The summed E-state index contributed by atoms with van der Waals surface area (Å²) in [6, 6.07) is 10.6. The summed E-state index contributed by atoms with van der Waals surface area (Å²) < 4.78 is 41.7. The van der Waals surface area contributed by atoms with E-state index in [9.17, 15) is 8.78 Å². The van der Waals surface area contributed by atoms with E-state index in [1.807, 2.05) is 13.8 Å². The van der Waals surface area contributed by atoms with Crippen molar-refractivity contribution in [1.29, 1.82) is 0 Å². The number of aromatic nitrogens is 3. The molecule has 1 aliphatic heterocycles. The molecular weight excluding hydrogens is 498 g/mol. The van der Waals surface area contributed by atoms with Gasteiger partial charge in [0.1, 0.15) is 11.6 Å². The SMILES string of the molecule is C=C1CCC[C@@H](c2nc3cc(-c4c(C)noc4C)ccc3n2C2CCC(OC)CC2)N1c1ccc(F)c(F)c1. The minimum absolute atomic E-state index is 0.147. The van der Waals surface area contributed by atoms with Crippen LogP contribution in [0.15, 0.2) is 53.2 Å². The van der Waals surface area contributed by atoms with E-state index in [0.717, 1.165) is 90.1 Å². The molecule has 3 heterocycles. The third-order valence-corrected chi connectivity index (χ3v) is 8.46. The molecular formula is C31H34F2N4O2. The number of piperidine rings is 1. The predicted octanol–water partition coefficient (Wildman–Crippen LogP) is 7.96. The standard InChI is InChI=1S/C31H34F2N4O2/c1-18-6-5-7-29(36(18)23-11-14-25(32)26(33)17-23)31-34-27-16-21(30-19(2)35-39-20(30)3)8-15-28(27)37(31)22-9-12-24(38-4)13-10-22/h8,11,14-17,22,24,29H,1,5-7,9-10,12-13H2,2-4H3/t22?,24?,29-/m0/s1. The maximum atomic E-state index is 14.4. The number of halogens is 2. The van der Waals surface area contributed by atoms with E-state index in [1.165, 1.54) is 12.1 Å². The summed E-state index contributed by atoms with van der Waals surface area (Å²) >= 11 is 0. The Balaban J connectivity index is 1.50. The monoisotopic (exact) mass is 532 g/mol. The van der Waals surface area contributed by atoms with Gasteiger partial charge in [0.15, 0.2) is 11.6 Å². The average Bonchev–Trinajstić information content (AvgIpc) is 3.48. The maximum Gasteiger partial charge on any atom is 0.160 e. The molecule has 204 valence electrons. The molecule has 0 bridgehead atoms. The number of hydrogen-bond acceptors (Lipinski definition) is 5. The first-order chi connectivity index (χ1) is 18.9. The Morgan fingerprint density at radius 2 is 1.79 bits per heavy atom. The number of hydrogen-bond donors (Lipinski definition) is 0. The van der Waals surface area contributed by atoms with E-state index < -0.39 is 11.6 Å². The van der Waals surface area contributed by atoms with Crippen LogP contribution < -0.4 is 4.90 Å². The van der Waals surface area contributed by atoms with Crippen LogP contribution in [-0.4, -0.2) is 27.9 Å². The Kier molecular flexibility index (Phi) is 6.75. The Morgan fingerprint density at radius 1 is 1.00 bits per heavy atom. The largest absolute Gasteiger partial charge is 0.381 e. The molecule has 0 amide bonds. The van der Waals surface area contributed by atoms with Crippen molar-refractivity contribution in [2.24, 2.45) is 0 Å². The van der Waals surface area contributed by atoms with Crippen molar-refractivity contribution in [2.75, 3.05) is 12.0 Å². The van der Waals surface area contributed by atoms with Crippen molar-refractivity contribution < 1.29 is 18.0 Å². The average molecular weight is 533 g/mol. The summed E-state index contributed by atoms with van der Waals surface area (Å²) in [6.45, 7) is 8.19. The second-order valence-corrected chi connectivity index (χ2v) is 10.9. The van der Waals surface area contributed by atoms with Gasteiger partial charge in [-0.25, -0.2) is 13.8 Å². The maximum absolute atomic E-state index is 14.4. The number of methoxy groups -OCH3 is 1. The van der Waals surface area contributed by atoms with Crippen LogP contribution in [0.25, 0.3) is 22.2 Å². The molecule has 4 aromatic rings. The molecule has 39 heavy (non-hydrogen) atoms. The number of aryl methyl sites for hydroxylation is 2. The lowest BCUT2D eigenvalue weighted by molar-refractivity contribution is 0.0584. The Hall–Kier alpha value is -3.52. The fraction of sp³-hybridized carbons (Fsp3) is 0.419. The zero-order chi connectivity index (χ0) is 27.3. The summed E-state index contributed by atoms with van der Waals surface area (Å²) in [5, 5.41) is 4.14. The van der Waals surface area contributed by atoms with Gasteiger partial charge in [0.2, 0.25) is 0 Å². The van der Waals surface area contributed by atoms with Crippen LogP contribution in [-0.2, 0) is 4.74 Å². The minimum Gasteiger partial charge on any atom is -0.381 e. The summed E-state index contributed by atoms with van der Waals surface area (Å²) in [4.78, 5) is 7.32. The van der Waals surface area contributed by atoms with Gasteiger partial charge in [0, 0.05) is 36.2 Å². The molecule has 2 fully saturated rings. The van der Waals surface area contributed by atoms with Crippen molar-refractivity contribution in [3.8, 4) is 11.1 Å². The topological polar surface area (TPSA) is 56.3 Å². The number of imidazole rings is 1. The smallest absolute Gasteiger partial charge is 0.160 e. The number of fused-ring (bicyclic) bond motifs is 1. The molecule has 0 radical (unpaired) electrons. The summed E-state index contributed by atoms with van der Waals surface area (Å²) in [6.07, 6.45) is 6.81. The molecule has 2 aromatic heterocycles. The second-order valence-electron chi connectivity index (χ2n) is 10.9. The van der Waals surface area contributed by atoms with Crippen molar-refractivity contribution in [3.05, 3.63) is 77.6 Å². The van der Waals surface area contributed by atoms with Crippen molar-refractivity contribution in [3.63, 3.8) is 0 Å². The minimum atomic E-state index is -0.861. The number of benzene rings is 2. The highest BCUT2D eigenvalue weighted by Crippen LogP contribution is 2.44. The molecule has 0 N–H and O–H groups in total. The van der Waals surface area contributed by atoms with Gasteiger partial charge >= 0.3 is 0 Å². The quantitative estimate of drug-likeness (QED) is 0.261. The summed E-state index contributed by atoms with van der Waals surface area (Å²) in [5.74, 6) is -0.00289. The third kappa shape index (κ3) is 4.54. The molecule has 1 saturated carbocycles. The first-order valence-corrected chi connectivity index (χ1v) is 13.8. The van der Waals surface area contributed by atoms with Crippen LogP contribution in [0.3, 0.4) is 0 Å². The third-order valence-electron chi connectivity index (χ3n) is 8.46. The summed E-state index contributed by atoms with van der Waals surface area (Å²) in [7, 11) is 1.78. The van der Waals surface area contributed by atoms with Gasteiger partial charge in [-0.3, -0.25) is 0 Å². The lowest BCUT2D eigenvalue weighted by atomic mass is 9.91. The van der Waals surface area contributed by atoms with Gasteiger partial charge in [0.25, 0.3) is 0 Å². The zero-order valence-electron chi connectivity index (χ0n) is 22.7. The number of ether oxygens (including phenoxy) is 1. The normalized spacial score (nSPS) is 22.1. The molecule has 6 rings (SSSR count). The number of rotatable bonds is 5.